The van der Waals surface area contributed by atoms with E-state index >= 15 is 0 Å². The molecule has 0 N–H and O–H groups in total. The molecule has 3 heterocycles. The quantitative estimate of drug-likeness (QED) is 0.834. The Kier molecular flexibility index (Phi) is 5.27. The number of carbonyl (C=O) groups excluding carboxylic acids is 1. The summed E-state index contributed by atoms with van der Waals surface area (Å²) in [6.07, 6.45) is 5.73. The second-order valence-electron chi connectivity index (χ2n) is 8.05. The highest BCUT2D eigenvalue weighted by Crippen LogP contribution is 2.40. The fraction of sp³-hybridized carbons (Fsp3) is 0.737. The number of nitrogens with zero attached hydrogens (tertiary/aromatic N) is 5. The Bertz CT molecular complexity index is 632. The number of likely N-dealkylation sites (tertiary alicyclic amines) is 1. The van der Waals surface area contributed by atoms with Gasteiger partial charge in [0.1, 0.15) is 12.1 Å². The molecule has 0 unspecified atom stereocenters. The number of likely N-dealkylation sites (N-methyl/N-ethyl adjacent to an activating group) is 1. The Balaban J connectivity index is 1.75. The van der Waals surface area contributed by atoms with Crippen LogP contribution in [0, 0.1) is 19.3 Å². The van der Waals surface area contributed by atoms with Crippen LogP contribution in [0.3, 0.4) is 0 Å². The van der Waals surface area contributed by atoms with Gasteiger partial charge in [0.2, 0.25) is 5.91 Å². The molecule has 2 aliphatic heterocycles. The number of hydrogen-bond acceptors (Lipinski definition) is 5. The van der Waals surface area contributed by atoms with Crippen molar-refractivity contribution < 1.29 is 4.79 Å². The summed E-state index contributed by atoms with van der Waals surface area (Å²) in [5, 5.41) is 0. The Morgan fingerprint density at radius 1 is 1.20 bits per heavy atom. The molecular formula is C19H31N5O. The highest BCUT2D eigenvalue weighted by Gasteiger charge is 2.42. The number of anilines is 1. The van der Waals surface area contributed by atoms with Crippen molar-refractivity contribution in [1.82, 2.24) is 19.8 Å². The molecule has 1 spiro atoms. The average Bonchev–Trinajstić information content (AvgIpc) is 2.58. The molecule has 6 nitrogen and oxygen atoms in total. The summed E-state index contributed by atoms with van der Waals surface area (Å²) in [7, 11) is 4.12. The van der Waals surface area contributed by atoms with Crippen LogP contribution in [0.2, 0.25) is 0 Å². The SMILES string of the molecule is Cc1ncnc(N2CCC[C@@]3(CCC(=O)N(CCN(C)C)C3)C2)c1C. The lowest BCUT2D eigenvalue weighted by atomic mass is 9.73. The van der Waals surface area contributed by atoms with Crippen molar-refractivity contribution in [3.63, 3.8) is 0 Å². The minimum absolute atomic E-state index is 0.212. The lowest BCUT2D eigenvalue weighted by Crippen LogP contribution is -2.55. The molecule has 1 amide bonds. The second kappa shape index (κ2) is 7.28. The van der Waals surface area contributed by atoms with E-state index in [1.807, 2.05) is 6.92 Å². The van der Waals surface area contributed by atoms with Crippen LogP contribution in [0.1, 0.15) is 36.9 Å². The van der Waals surface area contributed by atoms with Gasteiger partial charge in [0.05, 0.1) is 0 Å². The smallest absolute Gasteiger partial charge is 0.222 e. The van der Waals surface area contributed by atoms with Gasteiger partial charge in [-0.2, -0.15) is 0 Å². The Morgan fingerprint density at radius 3 is 2.76 bits per heavy atom. The van der Waals surface area contributed by atoms with Gasteiger partial charge in [-0.1, -0.05) is 0 Å². The number of amides is 1. The predicted octanol–water partition coefficient (Wildman–Crippen LogP) is 1.86. The van der Waals surface area contributed by atoms with Crippen LogP contribution in [-0.2, 0) is 4.79 Å². The average molecular weight is 345 g/mol. The third kappa shape index (κ3) is 3.94. The molecule has 2 fully saturated rings. The van der Waals surface area contributed by atoms with Gasteiger partial charge in [0.15, 0.2) is 0 Å². The van der Waals surface area contributed by atoms with Gasteiger partial charge in [-0.15, -0.1) is 0 Å². The number of piperidine rings is 2. The zero-order valence-corrected chi connectivity index (χ0v) is 16.1. The Hall–Kier alpha value is -1.69. The van der Waals surface area contributed by atoms with Crippen molar-refractivity contribution >= 4 is 11.7 Å². The first kappa shape index (κ1) is 18.1. The lowest BCUT2D eigenvalue weighted by molar-refractivity contribution is -0.138. The maximum Gasteiger partial charge on any atom is 0.222 e. The van der Waals surface area contributed by atoms with Crippen LogP contribution in [-0.4, -0.2) is 72.5 Å². The number of aromatic nitrogens is 2. The molecule has 3 rings (SSSR count). The molecule has 1 aromatic rings. The van der Waals surface area contributed by atoms with Gasteiger partial charge in [0, 0.05) is 55.8 Å². The zero-order valence-electron chi connectivity index (χ0n) is 16.1. The third-order valence-corrected chi connectivity index (χ3v) is 5.84. The molecular weight excluding hydrogens is 314 g/mol. The molecule has 0 aliphatic carbocycles. The van der Waals surface area contributed by atoms with E-state index in [2.05, 4.69) is 45.7 Å². The van der Waals surface area contributed by atoms with E-state index in [0.717, 1.165) is 57.1 Å². The molecule has 1 atom stereocenters. The standard InChI is InChI=1S/C19H31N5O/c1-15-16(2)20-14-21-18(15)24-9-5-7-19(13-24)8-6-17(25)23(12-19)11-10-22(3)4/h14H,5-13H2,1-4H3/t19-/m0/s1. The van der Waals surface area contributed by atoms with E-state index < -0.39 is 0 Å². The summed E-state index contributed by atoms with van der Waals surface area (Å²) >= 11 is 0. The van der Waals surface area contributed by atoms with E-state index in [1.54, 1.807) is 6.33 Å². The summed E-state index contributed by atoms with van der Waals surface area (Å²) < 4.78 is 0. The fourth-order valence-electron chi connectivity index (χ4n) is 4.19. The molecule has 0 saturated carbocycles. The summed E-state index contributed by atoms with van der Waals surface area (Å²) in [5.74, 6) is 1.39. The lowest BCUT2D eigenvalue weighted by Gasteiger charge is -2.49. The Morgan fingerprint density at radius 2 is 2.00 bits per heavy atom. The monoisotopic (exact) mass is 345 g/mol. The zero-order chi connectivity index (χ0) is 18.0. The molecule has 138 valence electrons. The first-order chi connectivity index (χ1) is 11.9. The van der Waals surface area contributed by atoms with Crippen molar-refractivity contribution in [2.75, 3.05) is 51.7 Å². The molecule has 0 bridgehead atoms. The van der Waals surface area contributed by atoms with Crippen molar-refractivity contribution in [2.45, 2.75) is 39.5 Å². The minimum atomic E-state index is 0.212. The van der Waals surface area contributed by atoms with Gasteiger partial charge < -0.3 is 14.7 Å². The maximum atomic E-state index is 12.4. The van der Waals surface area contributed by atoms with E-state index in [1.165, 1.54) is 12.0 Å². The van der Waals surface area contributed by atoms with Crippen molar-refractivity contribution in [3.05, 3.63) is 17.6 Å². The van der Waals surface area contributed by atoms with E-state index in [4.69, 9.17) is 0 Å². The van der Waals surface area contributed by atoms with Crippen LogP contribution in [0.25, 0.3) is 0 Å². The molecule has 2 aliphatic rings. The summed E-state index contributed by atoms with van der Waals surface area (Å²) in [5.41, 5.74) is 2.44. The molecule has 6 heteroatoms. The van der Waals surface area contributed by atoms with Crippen LogP contribution in [0.15, 0.2) is 6.33 Å². The minimum Gasteiger partial charge on any atom is -0.356 e. The molecule has 1 aromatic heterocycles. The van der Waals surface area contributed by atoms with Crippen LogP contribution >= 0.6 is 0 Å². The van der Waals surface area contributed by atoms with Crippen molar-refractivity contribution in [1.29, 1.82) is 0 Å². The largest absolute Gasteiger partial charge is 0.356 e. The number of aryl methyl sites for hydroxylation is 1. The van der Waals surface area contributed by atoms with E-state index in [0.29, 0.717) is 12.3 Å². The first-order valence-electron chi connectivity index (χ1n) is 9.36. The summed E-state index contributed by atoms with van der Waals surface area (Å²) in [4.78, 5) is 27.9. The highest BCUT2D eigenvalue weighted by atomic mass is 16.2. The first-order valence-corrected chi connectivity index (χ1v) is 9.36. The van der Waals surface area contributed by atoms with Crippen molar-refractivity contribution in [3.8, 4) is 0 Å². The topological polar surface area (TPSA) is 52.6 Å². The maximum absolute atomic E-state index is 12.4. The normalized spacial score (nSPS) is 24.4. The molecule has 0 aromatic carbocycles. The third-order valence-electron chi connectivity index (χ3n) is 5.84. The highest BCUT2D eigenvalue weighted by molar-refractivity contribution is 5.77. The van der Waals surface area contributed by atoms with Gasteiger partial charge in [-0.05, 0) is 47.2 Å². The second-order valence-corrected chi connectivity index (χ2v) is 8.05. The number of carbonyl (C=O) groups is 1. The molecule has 0 radical (unpaired) electrons. The Labute approximate surface area is 151 Å². The van der Waals surface area contributed by atoms with E-state index in [-0.39, 0.29) is 5.41 Å². The number of rotatable bonds is 4. The van der Waals surface area contributed by atoms with Gasteiger partial charge in [-0.25, -0.2) is 9.97 Å². The fourth-order valence-corrected chi connectivity index (χ4v) is 4.19. The van der Waals surface area contributed by atoms with Crippen LogP contribution in [0.4, 0.5) is 5.82 Å². The van der Waals surface area contributed by atoms with Gasteiger partial charge >= 0.3 is 0 Å². The predicted molar refractivity (Wildman–Crippen MR) is 99.8 cm³/mol. The van der Waals surface area contributed by atoms with Gasteiger partial charge in [0.25, 0.3) is 0 Å². The van der Waals surface area contributed by atoms with Crippen molar-refractivity contribution in [2.24, 2.45) is 5.41 Å². The summed E-state index contributed by atoms with van der Waals surface area (Å²) in [6.45, 7) is 8.84. The van der Waals surface area contributed by atoms with Gasteiger partial charge in [-0.3, -0.25) is 4.79 Å². The molecule has 2 saturated heterocycles. The number of hydrogen-bond donors (Lipinski definition) is 0. The summed E-state index contributed by atoms with van der Waals surface area (Å²) in [6, 6.07) is 0. The van der Waals surface area contributed by atoms with E-state index in [9.17, 15) is 4.79 Å². The van der Waals surface area contributed by atoms with Crippen LogP contribution < -0.4 is 4.90 Å². The molecule has 25 heavy (non-hydrogen) atoms. The van der Waals surface area contributed by atoms with Crippen LogP contribution in [0.5, 0.6) is 0 Å².